The molecule has 0 fully saturated rings. The van der Waals surface area contributed by atoms with Gasteiger partial charge in [-0.25, -0.2) is 0 Å². The van der Waals surface area contributed by atoms with Crippen LogP contribution in [0.1, 0.15) is 24.7 Å². The lowest BCUT2D eigenvalue weighted by Crippen LogP contribution is -1.93. The molecule has 0 aliphatic carbocycles. The molecule has 0 radical (unpaired) electrons. The van der Waals surface area contributed by atoms with Crippen LogP contribution in [0, 0.1) is 0 Å². The van der Waals surface area contributed by atoms with Gasteiger partial charge in [-0.2, -0.15) is 4.98 Å². The summed E-state index contributed by atoms with van der Waals surface area (Å²) in [5.74, 6) is 0.667. The van der Waals surface area contributed by atoms with Gasteiger partial charge in [0.25, 0.3) is 5.89 Å². The second-order valence-corrected chi connectivity index (χ2v) is 2.16. The first-order chi connectivity index (χ1) is 5.24. The molecule has 0 saturated heterocycles. The summed E-state index contributed by atoms with van der Waals surface area (Å²) >= 11 is 0. The van der Waals surface area contributed by atoms with E-state index in [2.05, 4.69) is 14.7 Å². The Kier molecular flexibility index (Phi) is 2.56. The molecule has 0 aliphatic rings. The third-order valence-corrected chi connectivity index (χ3v) is 1.11. The SMILES string of the molecule is COCc1noc([C@@H](C)O)n1. The molecule has 62 valence electrons. The van der Waals surface area contributed by atoms with Gasteiger partial charge >= 0.3 is 0 Å². The van der Waals surface area contributed by atoms with Crippen molar-refractivity contribution in [2.75, 3.05) is 7.11 Å². The standard InChI is InChI=1S/C6H10N2O3/c1-4(9)6-7-5(3-10-2)8-11-6/h4,9H,3H2,1-2H3/t4-/m1/s1. The fourth-order valence-corrected chi connectivity index (χ4v) is 0.625. The summed E-state index contributed by atoms with van der Waals surface area (Å²) in [6.07, 6.45) is -0.715. The second kappa shape index (κ2) is 3.45. The second-order valence-electron chi connectivity index (χ2n) is 2.16. The molecule has 1 aromatic heterocycles. The van der Waals surface area contributed by atoms with Gasteiger partial charge < -0.3 is 14.4 Å². The molecule has 0 amide bonds. The van der Waals surface area contributed by atoms with E-state index in [4.69, 9.17) is 9.84 Å². The molecule has 1 atom stereocenters. The highest BCUT2D eigenvalue weighted by Gasteiger charge is 2.09. The predicted molar refractivity (Wildman–Crippen MR) is 35.6 cm³/mol. The number of hydrogen-bond acceptors (Lipinski definition) is 5. The molecular formula is C6H10N2O3. The Bertz CT molecular complexity index is 221. The topological polar surface area (TPSA) is 68.4 Å². The lowest BCUT2D eigenvalue weighted by molar-refractivity contribution is 0.151. The van der Waals surface area contributed by atoms with E-state index in [1.54, 1.807) is 14.0 Å². The number of aliphatic hydroxyl groups is 1. The molecule has 5 nitrogen and oxygen atoms in total. The summed E-state index contributed by atoms with van der Waals surface area (Å²) in [5, 5.41) is 12.5. The van der Waals surface area contributed by atoms with E-state index in [0.717, 1.165) is 0 Å². The molecule has 1 N–H and O–H groups in total. The van der Waals surface area contributed by atoms with Crippen molar-refractivity contribution in [2.24, 2.45) is 0 Å². The van der Waals surface area contributed by atoms with Crippen LogP contribution in [0.4, 0.5) is 0 Å². The van der Waals surface area contributed by atoms with Crippen LogP contribution >= 0.6 is 0 Å². The van der Waals surface area contributed by atoms with E-state index in [1.165, 1.54) is 0 Å². The largest absolute Gasteiger partial charge is 0.384 e. The van der Waals surface area contributed by atoms with Gasteiger partial charge in [-0.1, -0.05) is 5.16 Å². The van der Waals surface area contributed by atoms with Gasteiger partial charge in [-0.15, -0.1) is 0 Å². The van der Waals surface area contributed by atoms with Gasteiger partial charge in [0.15, 0.2) is 5.82 Å². The van der Waals surface area contributed by atoms with Crippen LogP contribution in [0.5, 0.6) is 0 Å². The zero-order valence-corrected chi connectivity index (χ0v) is 6.44. The van der Waals surface area contributed by atoms with E-state index in [9.17, 15) is 0 Å². The van der Waals surface area contributed by atoms with Gasteiger partial charge in [0, 0.05) is 7.11 Å². The van der Waals surface area contributed by atoms with Gasteiger partial charge in [0.2, 0.25) is 0 Å². The quantitative estimate of drug-likeness (QED) is 0.683. The van der Waals surface area contributed by atoms with Crippen molar-refractivity contribution in [3.63, 3.8) is 0 Å². The minimum Gasteiger partial charge on any atom is -0.384 e. The maximum absolute atomic E-state index is 8.97. The number of aliphatic hydroxyl groups excluding tert-OH is 1. The molecule has 11 heavy (non-hydrogen) atoms. The van der Waals surface area contributed by atoms with Gasteiger partial charge in [0.1, 0.15) is 12.7 Å². The molecule has 1 aromatic rings. The van der Waals surface area contributed by atoms with Crippen molar-refractivity contribution in [3.05, 3.63) is 11.7 Å². The van der Waals surface area contributed by atoms with Crippen molar-refractivity contribution in [3.8, 4) is 0 Å². The Morgan fingerprint density at radius 2 is 2.45 bits per heavy atom. The zero-order valence-electron chi connectivity index (χ0n) is 6.44. The highest BCUT2D eigenvalue weighted by atomic mass is 16.5. The van der Waals surface area contributed by atoms with Gasteiger partial charge in [-0.05, 0) is 6.92 Å². The lowest BCUT2D eigenvalue weighted by Gasteiger charge is -1.91. The number of hydrogen-bond donors (Lipinski definition) is 1. The van der Waals surface area contributed by atoms with Gasteiger partial charge in [-0.3, -0.25) is 0 Å². The summed E-state index contributed by atoms with van der Waals surface area (Å²) < 4.78 is 9.44. The van der Waals surface area contributed by atoms with Crippen LogP contribution in [0.2, 0.25) is 0 Å². The van der Waals surface area contributed by atoms with Crippen LogP contribution in [0.15, 0.2) is 4.52 Å². The first-order valence-corrected chi connectivity index (χ1v) is 3.23. The van der Waals surface area contributed by atoms with Crippen molar-refractivity contribution in [1.29, 1.82) is 0 Å². The molecule has 1 heterocycles. The Hall–Kier alpha value is -0.940. The average molecular weight is 158 g/mol. The van der Waals surface area contributed by atoms with Crippen LogP contribution in [0.25, 0.3) is 0 Å². The maximum atomic E-state index is 8.97. The summed E-state index contributed by atoms with van der Waals surface area (Å²) in [5.41, 5.74) is 0. The third-order valence-electron chi connectivity index (χ3n) is 1.11. The zero-order chi connectivity index (χ0) is 8.27. The van der Waals surface area contributed by atoms with Crippen molar-refractivity contribution in [2.45, 2.75) is 19.6 Å². The molecule has 5 heteroatoms. The van der Waals surface area contributed by atoms with E-state index >= 15 is 0 Å². The number of rotatable bonds is 3. The summed E-state index contributed by atoms with van der Waals surface area (Å²) in [7, 11) is 1.54. The van der Waals surface area contributed by atoms with Gasteiger partial charge in [0.05, 0.1) is 0 Å². The fraction of sp³-hybridized carbons (Fsp3) is 0.667. The molecule has 0 bridgehead atoms. The van der Waals surface area contributed by atoms with Crippen molar-refractivity contribution in [1.82, 2.24) is 10.1 Å². The lowest BCUT2D eigenvalue weighted by atomic mass is 10.4. The smallest absolute Gasteiger partial charge is 0.255 e. The predicted octanol–water partition coefficient (Wildman–Crippen LogP) is 0.269. The monoisotopic (exact) mass is 158 g/mol. The Morgan fingerprint density at radius 1 is 1.73 bits per heavy atom. The number of aromatic nitrogens is 2. The Morgan fingerprint density at radius 3 is 2.91 bits per heavy atom. The van der Waals surface area contributed by atoms with Crippen molar-refractivity contribution >= 4 is 0 Å². The molecular weight excluding hydrogens is 148 g/mol. The summed E-state index contributed by atoms with van der Waals surface area (Å²) in [6.45, 7) is 1.86. The normalized spacial score (nSPS) is 13.4. The highest BCUT2D eigenvalue weighted by molar-refractivity contribution is 4.86. The van der Waals surface area contributed by atoms with E-state index in [0.29, 0.717) is 12.4 Å². The molecule has 0 unspecified atom stereocenters. The number of nitrogens with zero attached hydrogens (tertiary/aromatic N) is 2. The fourth-order valence-electron chi connectivity index (χ4n) is 0.625. The number of methoxy groups -OCH3 is 1. The Balaban J connectivity index is 2.66. The minimum atomic E-state index is -0.715. The molecule has 0 saturated carbocycles. The Labute approximate surface area is 64.0 Å². The highest BCUT2D eigenvalue weighted by Crippen LogP contribution is 2.08. The average Bonchev–Trinajstić information content (AvgIpc) is 2.37. The maximum Gasteiger partial charge on any atom is 0.255 e. The van der Waals surface area contributed by atoms with Crippen LogP contribution in [-0.4, -0.2) is 22.4 Å². The summed E-state index contributed by atoms with van der Waals surface area (Å²) in [4.78, 5) is 3.85. The van der Waals surface area contributed by atoms with Crippen LogP contribution < -0.4 is 0 Å². The third kappa shape index (κ3) is 1.99. The molecule has 1 rings (SSSR count). The first kappa shape index (κ1) is 8.16. The minimum absolute atomic E-state index is 0.219. The molecule has 0 aromatic carbocycles. The van der Waals surface area contributed by atoms with E-state index in [-0.39, 0.29) is 5.89 Å². The van der Waals surface area contributed by atoms with E-state index < -0.39 is 6.10 Å². The first-order valence-electron chi connectivity index (χ1n) is 3.23. The van der Waals surface area contributed by atoms with Crippen LogP contribution in [-0.2, 0) is 11.3 Å². The molecule has 0 aliphatic heterocycles. The van der Waals surface area contributed by atoms with Crippen LogP contribution in [0.3, 0.4) is 0 Å². The number of ether oxygens (including phenoxy) is 1. The van der Waals surface area contributed by atoms with Crippen molar-refractivity contribution < 1.29 is 14.4 Å². The summed E-state index contributed by atoms with van der Waals surface area (Å²) in [6, 6.07) is 0. The molecule has 0 spiro atoms. The van der Waals surface area contributed by atoms with E-state index in [1.807, 2.05) is 0 Å².